The van der Waals surface area contributed by atoms with Crippen molar-refractivity contribution >= 4 is 17.5 Å². The Morgan fingerprint density at radius 3 is 2.27 bits per heavy atom. The fourth-order valence-corrected chi connectivity index (χ4v) is 2.62. The molecule has 1 fully saturated rings. The molecule has 120 valence electrons. The van der Waals surface area contributed by atoms with E-state index < -0.39 is 6.04 Å². The first kappa shape index (κ1) is 16.1. The van der Waals surface area contributed by atoms with Crippen molar-refractivity contribution < 1.29 is 19.1 Å². The normalized spacial score (nSPS) is 18.4. The van der Waals surface area contributed by atoms with Crippen LogP contribution in [0, 0.1) is 0 Å². The van der Waals surface area contributed by atoms with Gasteiger partial charge in [0, 0.05) is 37.7 Å². The minimum atomic E-state index is -0.460. The zero-order valence-electron chi connectivity index (χ0n) is 13.5. The highest BCUT2D eigenvalue weighted by molar-refractivity contribution is 6.00. The number of rotatable bonds is 4. The van der Waals surface area contributed by atoms with Crippen LogP contribution in [-0.2, 0) is 9.59 Å². The lowest BCUT2D eigenvalue weighted by Gasteiger charge is -2.39. The van der Waals surface area contributed by atoms with Crippen molar-refractivity contribution in [2.75, 3.05) is 32.2 Å². The van der Waals surface area contributed by atoms with Gasteiger partial charge in [-0.25, -0.2) is 0 Å². The van der Waals surface area contributed by atoms with E-state index in [1.165, 1.54) is 0 Å². The maximum atomic E-state index is 12.6. The molecule has 0 aromatic heterocycles. The second kappa shape index (κ2) is 6.68. The van der Waals surface area contributed by atoms with Crippen molar-refractivity contribution in [1.82, 2.24) is 4.90 Å². The van der Waals surface area contributed by atoms with Crippen LogP contribution in [0.25, 0.3) is 0 Å². The van der Waals surface area contributed by atoms with Crippen LogP contribution in [0.1, 0.15) is 20.3 Å². The van der Waals surface area contributed by atoms with E-state index in [1.54, 1.807) is 56.1 Å². The molecule has 2 rings (SSSR count). The minimum Gasteiger partial charge on any atom is -0.497 e. The fourth-order valence-electron chi connectivity index (χ4n) is 2.62. The Kier molecular flexibility index (Phi) is 4.90. The van der Waals surface area contributed by atoms with E-state index in [4.69, 9.17) is 9.47 Å². The molecule has 1 aliphatic heterocycles. The molecule has 0 radical (unpaired) electrons. The molecule has 0 saturated carbocycles. The van der Waals surface area contributed by atoms with Crippen LogP contribution in [0.3, 0.4) is 0 Å². The van der Waals surface area contributed by atoms with Crippen LogP contribution in [0.15, 0.2) is 18.2 Å². The monoisotopic (exact) mass is 306 g/mol. The topological polar surface area (TPSA) is 59.1 Å². The molecule has 2 amide bonds. The van der Waals surface area contributed by atoms with Gasteiger partial charge in [0.2, 0.25) is 11.8 Å². The standard InChI is InChI=1S/C16H22N2O4/c1-5-15(19)17-6-7-18(16(20)11(17)2)12-8-13(21-3)10-14(9-12)22-4/h8-11H,5-7H2,1-4H3. The molecule has 1 unspecified atom stereocenters. The highest BCUT2D eigenvalue weighted by Crippen LogP contribution is 2.30. The molecule has 1 heterocycles. The summed E-state index contributed by atoms with van der Waals surface area (Å²) >= 11 is 0. The van der Waals surface area contributed by atoms with E-state index >= 15 is 0 Å². The van der Waals surface area contributed by atoms with E-state index in [0.717, 1.165) is 5.69 Å². The van der Waals surface area contributed by atoms with E-state index in [9.17, 15) is 9.59 Å². The van der Waals surface area contributed by atoms with Crippen molar-refractivity contribution in [2.24, 2.45) is 0 Å². The summed E-state index contributed by atoms with van der Waals surface area (Å²) in [5.74, 6) is 1.16. The molecule has 6 nitrogen and oxygen atoms in total. The van der Waals surface area contributed by atoms with Crippen molar-refractivity contribution in [3.05, 3.63) is 18.2 Å². The second-order valence-corrected chi connectivity index (χ2v) is 5.18. The largest absolute Gasteiger partial charge is 0.497 e. The summed E-state index contributed by atoms with van der Waals surface area (Å²) in [5.41, 5.74) is 0.719. The fraction of sp³-hybridized carbons (Fsp3) is 0.500. The van der Waals surface area contributed by atoms with Gasteiger partial charge in [0.25, 0.3) is 0 Å². The molecule has 1 saturated heterocycles. The Hall–Kier alpha value is -2.24. The van der Waals surface area contributed by atoms with E-state index in [1.807, 2.05) is 0 Å². The third kappa shape index (κ3) is 3.00. The summed E-state index contributed by atoms with van der Waals surface area (Å²) in [6.07, 6.45) is 0.407. The number of amides is 2. The number of piperazine rings is 1. The number of nitrogens with zero attached hydrogens (tertiary/aromatic N) is 2. The summed E-state index contributed by atoms with van der Waals surface area (Å²) in [6, 6.07) is 4.89. The number of methoxy groups -OCH3 is 2. The summed E-state index contributed by atoms with van der Waals surface area (Å²) < 4.78 is 10.5. The van der Waals surface area contributed by atoms with E-state index in [2.05, 4.69) is 0 Å². The highest BCUT2D eigenvalue weighted by atomic mass is 16.5. The molecule has 1 aromatic carbocycles. The summed E-state index contributed by atoms with van der Waals surface area (Å²) in [5, 5.41) is 0. The second-order valence-electron chi connectivity index (χ2n) is 5.18. The van der Waals surface area contributed by atoms with Crippen molar-refractivity contribution in [2.45, 2.75) is 26.3 Å². The predicted octanol–water partition coefficient (Wildman–Crippen LogP) is 1.68. The number of anilines is 1. The summed E-state index contributed by atoms with van der Waals surface area (Å²) in [4.78, 5) is 27.8. The summed E-state index contributed by atoms with van der Waals surface area (Å²) in [7, 11) is 3.14. The third-order valence-electron chi connectivity index (χ3n) is 3.93. The van der Waals surface area contributed by atoms with Gasteiger partial charge in [-0.2, -0.15) is 0 Å². The van der Waals surface area contributed by atoms with Gasteiger partial charge in [-0.1, -0.05) is 6.92 Å². The van der Waals surface area contributed by atoms with Gasteiger partial charge < -0.3 is 19.3 Å². The molecule has 1 atom stereocenters. The van der Waals surface area contributed by atoms with E-state index in [-0.39, 0.29) is 11.8 Å². The first-order valence-electron chi connectivity index (χ1n) is 7.35. The molecular formula is C16H22N2O4. The Bertz CT molecular complexity index is 551. The quantitative estimate of drug-likeness (QED) is 0.849. The molecule has 0 N–H and O–H groups in total. The average molecular weight is 306 g/mol. The van der Waals surface area contributed by atoms with Gasteiger partial charge in [0.05, 0.1) is 19.9 Å². The van der Waals surface area contributed by atoms with Crippen LogP contribution in [0.2, 0.25) is 0 Å². The average Bonchev–Trinajstić information content (AvgIpc) is 2.55. The zero-order chi connectivity index (χ0) is 16.3. The molecular weight excluding hydrogens is 284 g/mol. The lowest BCUT2D eigenvalue weighted by atomic mass is 10.1. The van der Waals surface area contributed by atoms with Crippen LogP contribution in [0.5, 0.6) is 11.5 Å². The van der Waals surface area contributed by atoms with Gasteiger partial charge in [0.1, 0.15) is 17.5 Å². The Morgan fingerprint density at radius 1 is 1.18 bits per heavy atom. The Morgan fingerprint density at radius 2 is 1.77 bits per heavy atom. The molecule has 1 aliphatic rings. The Labute approximate surface area is 130 Å². The lowest BCUT2D eigenvalue weighted by Crippen LogP contribution is -2.57. The lowest BCUT2D eigenvalue weighted by molar-refractivity contribution is -0.140. The highest BCUT2D eigenvalue weighted by Gasteiger charge is 2.34. The first-order chi connectivity index (χ1) is 10.5. The van der Waals surface area contributed by atoms with Crippen molar-refractivity contribution in [1.29, 1.82) is 0 Å². The number of carbonyl (C=O) groups excluding carboxylic acids is 2. The van der Waals surface area contributed by atoms with Crippen LogP contribution in [-0.4, -0.2) is 50.1 Å². The van der Waals surface area contributed by atoms with Gasteiger partial charge in [-0.05, 0) is 6.92 Å². The van der Waals surface area contributed by atoms with Crippen LogP contribution >= 0.6 is 0 Å². The molecule has 1 aromatic rings. The SMILES string of the molecule is CCC(=O)N1CCN(c2cc(OC)cc(OC)c2)C(=O)C1C. The number of ether oxygens (including phenoxy) is 2. The molecule has 0 aliphatic carbocycles. The van der Waals surface area contributed by atoms with Crippen LogP contribution in [0.4, 0.5) is 5.69 Å². The van der Waals surface area contributed by atoms with E-state index in [0.29, 0.717) is 31.0 Å². The number of hydrogen-bond acceptors (Lipinski definition) is 4. The van der Waals surface area contributed by atoms with Crippen molar-refractivity contribution in [3.63, 3.8) is 0 Å². The maximum Gasteiger partial charge on any atom is 0.249 e. The Balaban J connectivity index is 2.27. The summed E-state index contributed by atoms with van der Waals surface area (Å²) in [6.45, 7) is 4.56. The predicted molar refractivity (Wildman–Crippen MR) is 83.4 cm³/mol. The van der Waals surface area contributed by atoms with Gasteiger partial charge >= 0.3 is 0 Å². The minimum absolute atomic E-state index is 0.00345. The molecule has 0 spiro atoms. The van der Waals surface area contributed by atoms with Crippen molar-refractivity contribution in [3.8, 4) is 11.5 Å². The smallest absolute Gasteiger partial charge is 0.249 e. The zero-order valence-corrected chi connectivity index (χ0v) is 13.5. The number of hydrogen-bond donors (Lipinski definition) is 0. The van der Waals surface area contributed by atoms with Gasteiger partial charge in [0.15, 0.2) is 0 Å². The van der Waals surface area contributed by atoms with Gasteiger partial charge in [-0.3, -0.25) is 9.59 Å². The van der Waals surface area contributed by atoms with Crippen LogP contribution < -0.4 is 14.4 Å². The number of carbonyl (C=O) groups is 2. The molecule has 22 heavy (non-hydrogen) atoms. The first-order valence-corrected chi connectivity index (χ1v) is 7.35. The number of benzene rings is 1. The van der Waals surface area contributed by atoms with Gasteiger partial charge in [-0.15, -0.1) is 0 Å². The third-order valence-corrected chi connectivity index (χ3v) is 3.93. The molecule has 0 bridgehead atoms. The molecule has 6 heteroatoms. The maximum absolute atomic E-state index is 12.6.